The van der Waals surface area contributed by atoms with E-state index in [9.17, 15) is 29.4 Å². The highest BCUT2D eigenvalue weighted by Gasteiger charge is 2.39. The second-order valence-electron chi connectivity index (χ2n) is 6.36. The Kier molecular flexibility index (Phi) is 9.53. The summed E-state index contributed by atoms with van der Waals surface area (Å²) < 4.78 is 0. The number of aliphatic hydroxyl groups is 1. The maximum absolute atomic E-state index is 12.7. The lowest BCUT2D eigenvalue weighted by Gasteiger charge is -2.30. The first-order chi connectivity index (χ1) is 12.7. The summed E-state index contributed by atoms with van der Waals surface area (Å²) in [6, 6.07) is -3.18. The lowest BCUT2D eigenvalue weighted by Crippen LogP contribution is -2.59. The van der Waals surface area contributed by atoms with E-state index in [1.54, 1.807) is 0 Å². The summed E-state index contributed by atoms with van der Waals surface area (Å²) in [6.45, 7) is 1.30. The Morgan fingerprint density at radius 3 is 2.48 bits per heavy atom. The zero-order chi connectivity index (χ0) is 20.6. The summed E-state index contributed by atoms with van der Waals surface area (Å²) in [7, 11) is 0. The van der Waals surface area contributed by atoms with Crippen molar-refractivity contribution < 1.29 is 29.4 Å². The minimum absolute atomic E-state index is 0.245. The number of hydrogen-bond acceptors (Lipinski definition) is 7. The molecule has 1 aliphatic rings. The van der Waals surface area contributed by atoms with Crippen LogP contribution >= 0.6 is 11.8 Å². The summed E-state index contributed by atoms with van der Waals surface area (Å²) >= 11 is 1.49. The fraction of sp³-hybridized carbons (Fsp3) is 0.750. The Morgan fingerprint density at radius 1 is 1.30 bits per heavy atom. The normalized spacial score (nSPS) is 19.9. The average molecular weight is 404 g/mol. The number of nitrogens with two attached hydrogens (primary N) is 1. The number of thioether (sulfide) groups is 1. The smallest absolute Gasteiger partial charge is 0.326 e. The molecule has 4 unspecified atom stereocenters. The lowest BCUT2D eigenvalue weighted by molar-refractivity contribution is -0.150. The van der Waals surface area contributed by atoms with E-state index in [4.69, 9.17) is 5.73 Å². The number of nitrogens with zero attached hydrogens (tertiary/aromatic N) is 1. The van der Waals surface area contributed by atoms with E-state index in [0.29, 0.717) is 25.0 Å². The van der Waals surface area contributed by atoms with Crippen molar-refractivity contribution in [2.45, 2.75) is 50.4 Å². The van der Waals surface area contributed by atoms with Crippen LogP contribution in [0.2, 0.25) is 0 Å². The van der Waals surface area contributed by atoms with E-state index in [2.05, 4.69) is 10.6 Å². The third-order valence-electron chi connectivity index (χ3n) is 4.31. The molecule has 1 saturated heterocycles. The van der Waals surface area contributed by atoms with Gasteiger partial charge in [0, 0.05) is 6.54 Å². The predicted molar refractivity (Wildman–Crippen MR) is 100.0 cm³/mol. The van der Waals surface area contributed by atoms with Crippen molar-refractivity contribution in [1.29, 1.82) is 0 Å². The van der Waals surface area contributed by atoms with Crippen LogP contribution in [0, 0.1) is 0 Å². The lowest BCUT2D eigenvalue weighted by atomic mass is 10.1. The molecular weight excluding hydrogens is 376 g/mol. The molecule has 27 heavy (non-hydrogen) atoms. The summed E-state index contributed by atoms with van der Waals surface area (Å²) in [5, 5.41) is 24.2. The molecule has 1 aliphatic heterocycles. The SMILES string of the molecule is CSCCC(NC(=O)CN)C(=O)NC(C(=O)N1CCCC1C(=O)O)C(C)O. The first-order valence-electron chi connectivity index (χ1n) is 8.73. The Labute approximate surface area is 162 Å². The zero-order valence-electron chi connectivity index (χ0n) is 15.5. The second kappa shape index (κ2) is 11.1. The van der Waals surface area contributed by atoms with Gasteiger partial charge in [0.2, 0.25) is 17.7 Å². The number of carboxylic acid groups (broad SMARTS) is 1. The highest BCUT2D eigenvalue weighted by Crippen LogP contribution is 2.19. The van der Waals surface area contributed by atoms with Gasteiger partial charge in [-0.25, -0.2) is 4.79 Å². The summed E-state index contributed by atoms with van der Waals surface area (Å²) in [5.41, 5.74) is 5.27. The number of rotatable bonds is 10. The van der Waals surface area contributed by atoms with Crippen LogP contribution in [0.3, 0.4) is 0 Å². The molecule has 0 radical (unpaired) electrons. The molecule has 0 aromatic heterocycles. The molecule has 0 aromatic rings. The van der Waals surface area contributed by atoms with E-state index in [1.807, 2.05) is 6.26 Å². The second-order valence-corrected chi connectivity index (χ2v) is 7.35. The number of aliphatic carboxylic acids is 1. The van der Waals surface area contributed by atoms with Gasteiger partial charge >= 0.3 is 5.97 Å². The van der Waals surface area contributed by atoms with E-state index in [1.165, 1.54) is 18.7 Å². The standard InChI is InChI=1S/C16H28N4O6S/c1-9(21)13(15(24)20-6-3-4-11(20)16(25)26)19-14(23)10(5-7-27-2)18-12(22)8-17/h9-11,13,21H,3-8,17H2,1-2H3,(H,18,22)(H,19,23)(H,25,26). The molecule has 0 bridgehead atoms. The highest BCUT2D eigenvalue weighted by atomic mass is 32.2. The van der Waals surface area contributed by atoms with Crippen LogP contribution in [0.25, 0.3) is 0 Å². The predicted octanol–water partition coefficient (Wildman–Crippen LogP) is -1.88. The molecule has 10 nitrogen and oxygen atoms in total. The van der Waals surface area contributed by atoms with Crippen LogP contribution in [0.5, 0.6) is 0 Å². The molecule has 0 aliphatic carbocycles. The van der Waals surface area contributed by atoms with Crippen LogP contribution in [-0.4, -0.2) is 88.1 Å². The Hall–Kier alpha value is -1.85. The Bertz CT molecular complexity index is 559. The topological polar surface area (TPSA) is 162 Å². The third-order valence-corrected chi connectivity index (χ3v) is 4.96. The fourth-order valence-electron chi connectivity index (χ4n) is 2.87. The summed E-state index contributed by atoms with van der Waals surface area (Å²) in [4.78, 5) is 49.3. The van der Waals surface area contributed by atoms with Crippen molar-refractivity contribution in [2.24, 2.45) is 5.73 Å². The monoisotopic (exact) mass is 404 g/mol. The van der Waals surface area contributed by atoms with Crippen molar-refractivity contribution in [3.8, 4) is 0 Å². The summed E-state index contributed by atoms with van der Waals surface area (Å²) in [5.74, 6) is -2.33. The van der Waals surface area contributed by atoms with Crippen LogP contribution < -0.4 is 16.4 Å². The van der Waals surface area contributed by atoms with Gasteiger partial charge in [0.15, 0.2) is 0 Å². The van der Waals surface area contributed by atoms with Gasteiger partial charge in [-0.2, -0.15) is 11.8 Å². The molecule has 1 rings (SSSR count). The number of carboxylic acids is 1. The Balaban J connectivity index is 2.89. The zero-order valence-corrected chi connectivity index (χ0v) is 16.3. The quantitative estimate of drug-likeness (QED) is 0.283. The molecule has 154 valence electrons. The van der Waals surface area contributed by atoms with Crippen molar-refractivity contribution in [3.63, 3.8) is 0 Å². The average Bonchev–Trinajstić information content (AvgIpc) is 3.11. The van der Waals surface area contributed by atoms with Gasteiger partial charge in [-0.15, -0.1) is 0 Å². The van der Waals surface area contributed by atoms with Gasteiger partial charge in [0.1, 0.15) is 18.1 Å². The summed E-state index contributed by atoms with van der Waals surface area (Å²) in [6.07, 6.45) is 1.79. The van der Waals surface area contributed by atoms with Gasteiger partial charge in [-0.1, -0.05) is 0 Å². The first kappa shape index (κ1) is 23.2. The molecular formula is C16H28N4O6S. The molecule has 1 heterocycles. The van der Waals surface area contributed by atoms with Crippen molar-refractivity contribution in [3.05, 3.63) is 0 Å². The molecule has 11 heteroatoms. The molecule has 1 fully saturated rings. The fourth-order valence-corrected chi connectivity index (χ4v) is 3.34. The van der Waals surface area contributed by atoms with E-state index in [-0.39, 0.29) is 13.1 Å². The largest absolute Gasteiger partial charge is 0.480 e. The van der Waals surface area contributed by atoms with E-state index >= 15 is 0 Å². The van der Waals surface area contributed by atoms with Crippen LogP contribution in [0.1, 0.15) is 26.2 Å². The minimum Gasteiger partial charge on any atom is -0.480 e. The number of amides is 3. The van der Waals surface area contributed by atoms with Crippen molar-refractivity contribution >= 4 is 35.5 Å². The molecule has 0 saturated carbocycles. The number of hydrogen-bond donors (Lipinski definition) is 5. The molecule has 6 N–H and O–H groups in total. The highest BCUT2D eigenvalue weighted by molar-refractivity contribution is 7.98. The van der Waals surface area contributed by atoms with Crippen molar-refractivity contribution in [1.82, 2.24) is 15.5 Å². The van der Waals surface area contributed by atoms with Crippen LogP contribution in [0.4, 0.5) is 0 Å². The molecule has 0 spiro atoms. The maximum Gasteiger partial charge on any atom is 0.326 e. The third kappa shape index (κ3) is 6.67. The van der Waals surface area contributed by atoms with Gasteiger partial charge in [-0.05, 0) is 38.2 Å². The molecule has 0 aromatic carbocycles. The first-order valence-corrected chi connectivity index (χ1v) is 10.1. The van der Waals surface area contributed by atoms with Gasteiger partial charge < -0.3 is 31.5 Å². The maximum atomic E-state index is 12.7. The number of carbonyl (C=O) groups is 4. The Morgan fingerprint density at radius 2 is 1.96 bits per heavy atom. The number of carbonyl (C=O) groups excluding carboxylic acids is 3. The van der Waals surface area contributed by atoms with Gasteiger partial charge in [0.05, 0.1) is 12.6 Å². The molecule has 3 amide bonds. The van der Waals surface area contributed by atoms with E-state index in [0.717, 1.165) is 4.90 Å². The minimum atomic E-state index is -1.30. The van der Waals surface area contributed by atoms with Gasteiger partial charge in [-0.3, -0.25) is 14.4 Å². The number of nitrogens with one attached hydrogen (secondary N) is 2. The molecule has 4 atom stereocenters. The van der Waals surface area contributed by atoms with Crippen LogP contribution in [-0.2, 0) is 19.2 Å². The number of aliphatic hydroxyl groups excluding tert-OH is 1. The number of likely N-dealkylation sites (tertiary alicyclic amines) is 1. The van der Waals surface area contributed by atoms with Gasteiger partial charge in [0.25, 0.3) is 0 Å². The van der Waals surface area contributed by atoms with Crippen molar-refractivity contribution in [2.75, 3.05) is 25.1 Å². The van der Waals surface area contributed by atoms with E-state index < -0.39 is 47.9 Å². The van der Waals surface area contributed by atoms with Crippen LogP contribution in [0.15, 0.2) is 0 Å².